The van der Waals surface area contributed by atoms with E-state index < -0.39 is 16.0 Å². The zero-order valence-corrected chi connectivity index (χ0v) is 16.2. The fraction of sp³-hybridized carbons (Fsp3) is 0.235. The molecule has 0 aliphatic rings. The molecule has 6 nitrogen and oxygen atoms in total. The number of methoxy groups -OCH3 is 1. The molecule has 0 saturated carbocycles. The first-order valence-electron chi connectivity index (χ1n) is 7.31. The van der Waals surface area contributed by atoms with E-state index in [0.717, 1.165) is 9.87 Å². The minimum atomic E-state index is -3.76. The topological polar surface area (TPSA) is 83.9 Å². The fourth-order valence-electron chi connectivity index (χ4n) is 2.38. The number of benzene rings is 2. The Morgan fingerprint density at radius 1 is 1.20 bits per heavy atom. The maximum atomic E-state index is 12.7. The summed E-state index contributed by atoms with van der Waals surface area (Å²) >= 11 is 3.32. The van der Waals surface area contributed by atoms with Crippen LogP contribution in [0.2, 0.25) is 0 Å². The van der Waals surface area contributed by atoms with E-state index in [9.17, 15) is 18.3 Å². The molecule has 0 bridgehead atoms. The first-order chi connectivity index (χ1) is 11.8. The molecule has 2 aromatic carbocycles. The summed E-state index contributed by atoms with van der Waals surface area (Å²) in [5.41, 5.74) is 1.29. The standard InChI is InChI=1S/C17H18BrNO5S/c1-19(25(22,23)14-8-6-13(24-2)7-9-14)11-16-12(10-18)4-3-5-15(16)17(20)21/h3-9H,10-11H2,1-2H3,(H,20,21). The van der Waals surface area contributed by atoms with Gasteiger partial charge >= 0.3 is 5.97 Å². The molecule has 134 valence electrons. The molecule has 0 radical (unpaired) electrons. The largest absolute Gasteiger partial charge is 0.497 e. The molecule has 0 aromatic heterocycles. The molecular formula is C17H18BrNO5S. The lowest BCUT2D eigenvalue weighted by molar-refractivity contribution is 0.0695. The molecule has 25 heavy (non-hydrogen) atoms. The summed E-state index contributed by atoms with van der Waals surface area (Å²) in [7, 11) is -0.833. The zero-order valence-electron chi connectivity index (χ0n) is 13.8. The predicted molar refractivity (Wildman–Crippen MR) is 97.7 cm³/mol. The number of sulfonamides is 1. The van der Waals surface area contributed by atoms with E-state index in [0.29, 0.717) is 16.6 Å². The average molecular weight is 428 g/mol. The van der Waals surface area contributed by atoms with Gasteiger partial charge in [-0.3, -0.25) is 0 Å². The van der Waals surface area contributed by atoms with Crippen LogP contribution in [0.25, 0.3) is 0 Å². The van der Waals surface area contributed by atoms with Crippen molar-refractivity contribution >= 4 is 31.9 Å². The van der Waals surface area contributed by atoms with Crippen LogP contribution in [0.5, 0.6) is 5.75 Å². The number of halogens is 1. The van der Waals surface area contributed by atoms with E-state index in [-0.39, 0.29) is 17.0 Å². The Hall–Kier alpha value is -1.90. The lowest BCUT2D eigenvalue weighted by Crippen LogP contribution is -2.28. The molecule has 1 N–H and O–H groups in total. The normalized spacial score (nSPS) is 11.5. The van der Waals surface area contributed by atoms with Crippen LogP contribution in [-0.4, -0.2) is 38.0 Å². The first-order valence-corrected chi connectivity index (χ1v) is 9.87. The molecular weight excluding hydrogens is 410 g/mol. The molecule has 0 fully saturated rings. The van der Waals surface area contributed by atoms with Crippen molar-refractivity contribution in [3.63, 3.8) is 0 Å². The van der Waals surface area contributed by atoms with Gasteiger partial charge in [-0.1, -0.05) is 28.1 Å². The van der Waals surface area contributed by atoms with Crippen LogP contribution in [0.15, 0.2) is 47.4 Å². The van der Waals surface area contributed by atoms with Crippen molar-refractivity contribution in [2.45, 2.75) is 16.8 Å². The van der Waals surface area contributed by atoms with E-state index >= 15 is 0 Å². The van der Waals surface area contributed by atoms with Gasteiger partial charge < -0.3 is 9.84 Å². The molecule has 2 aromatic rings. The zero-order chi connectivity index (χ0) is 18.6. The van der Waals surface area contributed by atoms with Gasteiger partial charge in [0.1, 0.15) is 5.75 Å². The van der Waals surface area contributed by atoms with Gasteiger partial charge in [0.15, 0.2) is 0 Å². The van der Waals surface area contributed by atoms with Gasteiger partial charge in [-0.15, -0.1) is 0 Å². The average Bonchev–Trinajstić information content (AvgIpc) is 2.61. The first kappa shape index (κ1) is 19.4. The van der Waals surface area contributed by atoms with E-state index in [1.54, 1.807) is 24.3 Å². The van der Waals surface area contributed by atoms with Crippen molar-refractivity contribution in [1.82, 2.24) is 4.31 Å². The van der Waals surface area contributed by atoms with Crippen LogP contribution in [-0.2, 0) is 21.9 Å². The lowest BCUT2D eigenvalue weighted by atomic mass is 10.0. The number of carbonyl (C=O) groups is 1. The maximum Gasteiger partial charge on any atom is 0.336 e. The van der Waals surface area contributed by atoms with Gasteiger partial charge in [-0.25, -0.2) is 13.2 Å². The van der Waals surface area contributed by atoms with E-state index in [2.05, 4.69) is 15.9 Å². The smallest absolute Gasteiger partial charge is 0.336 e. The summed E-state index contributed by atoms with van der Waals surface area (Å²) in [5, 5.41) is 9.81. The third-order valence-electron chi connectivity index (χ3n) is 3.80. The van der Waals surface area contributed by atoms with Crippen molar-refractivity contribution in [3.8, 4) is 5.75 Å². The van der Waals surface area contributed by atoms with Crippen molar-refractivity contribution in [3.05, 3.63) is 59.2 Å². The van der Waals surface area contributed by atoms with Gasteiger partial charge in [0.05, 0.1) is 17.6 Å². The molecule has 8 heteroatoms. The molecule has 2 rings (SSSR count). The Bertz CT molecular complexity index is 865. The van der Waals surface area contributed by atoms with Crippen LogP contribution in [0, 0.1) is 0 Å². The van der Waals surface area contributed by atoms with Gasteiger partial charge in [-0.2, -0.15) is 4.31 Å². The van der Waals surface area contributed by atoms with E-state index in [4.69, 9.17) is 4.74 Å². The molecule has 0 saturated heterocycles. The summed E-state index contributed by atoms with van der Waals surface area (Å²) in [6, 6.07) is 10.9. The lowest BCUT2D eigenvalue weighted by Gasteiger charge is -2.20. The number of nitrogens with zero attached hydrogens (tertiary/aromatic N) is 1. The summed E-state index contributed by atoms with van der Waals surface area (Å²) in [4.78, 5) is 11.6. The number of hydrogen-bond acceptors (Lipinski definition) is 4. The van der Waals surface area contributed by atoms with Gasteiger partial charge in [0.25, 0.3) is 0 Å². The highest BCUT2D eigenvalue weighted by Crippen LogP contribution is 2.24. The number of aromatic carboxylic acids is 1. The van der Waals surface area contributed by atoms with Gasteiger partial charge in [0.2, 0.25) is 10.0 Å². The summed E-state index contributed by atoms with van der Waals surface area (Å²) in [5.74, 6) is -0.535. The number of rotatable bonds is 7. The minimum Gasteiger partial charge on any atom is -0.497 e. The molecule has 0 unspecified atom stereocenters. The van der Waals surface area contributed by atoms with Crippen molar-refractivity contribution in [1.29, 1.82) is 0 Å². The van der Waals surface area contributed by atoms with Crippen LogP contribution >= 0.6 is 15.9 Å². The number of ether oxygens (including phenoxy) is 1. The quantitative estimate of drug-likeness (QED) is 0.686. The number of hydrogen-bond donors (Lipinski definition) is 1. The Morgan fingerprint density at radius 3 is 2.36 bits per heavy atom. The third kappa shape index (κ3) is 4.20. The highest BCUT2D eigenvalue weighted by atomic mass is 79.9. The van der Waals surface area contributed by atoms with Crippen molar-refractivity contribution in [2.75, 3.05) is 14.2 Å². The number of alkyl halides is 1. The molecule has 0 aliphatic carbocycles. The van der Waals surface area contributed by atoms with Crippen molar-refractivity contribution in [2.24, 2.45) is 0 Å². The fourth-order valence-corrected chi connectivity index (χ4v) is 4.05. The van der Waals surface area contributed by atoms with Crippen LogP contribution < -0.4 is 4.74 Å². The van der Waals surface area contributed by atoms with E-state index in [1.807, 2.05) is 0 Å². The number of carboxylic acid groups (broad SMARTS) is 1. The minimum absolute atomic E-state index is 0.0439. The van der Waals surface area contributed by atoms with Crippen LogP contribution in [0.4, 0.5) is 0 Å². The molecule has 0 heterocycles. The Kier molecular flexibility index (Phi) is 6.21. The Morgan fingerprint density at radius 2 is 1.84 bits per heavy atom. The molecule has 0 aliphatic heterocycles. The highest BCUT2D eigenvalue weighted by Gasteiger charge is 2.24. The predicted octanol–water partition coefficient (Wildman–Crippen LogP) is 3.11. The van der Waals surface area contributed by atoms with Gasteiger partial charge in [0, 0.05) is 18.9 Å². The second-order valence-electron chi connectivity index (χ2n) is 5.32. The highest BCUT2D eigenvalue weighted by molar-refractivity contribution is 9.08. The second kappa shape index (κ2) is 7.99. The summed E-state index contributed by atoms with van der Waals surface area (Å²) in [6.45, 7) is -0.0439. The summed E-state index contributed by atoms with van der Waals surface area (Å²) in [6.07, 6.45) is 0. The summed E-state index contributed by atoms with van der Waals surface area (Å²) < 4.78 is 31.7. The molecule has 0 amide bonds. The third-order valence-corrected chi connectivity index (χ3v) is 6.22. The van der Waals surface area contributed by atoms with Crippen LogP contribution in [0.1, 0.15) is 21.5 Å². The van der Waals surface area contributed by atoms with Crippen LogP contribution in [0.3, 0.4) is 0 Å². The Labute approximate surface area is 155 Å². The second-order valence-corrected chi connectivity index (χ2v) is 7.92. The molecule has 0 atom stereocenters. The number of carboxylic acids is 1. The van der Waals surface area contributed by atoms with Gasteiger partial charge in [-0.05, 0) is 41.5 Å². The Balaban J connectivity index is 2.38. The SMILES string of the molecule is COc1ccc(S(=O)(=O)N(C)Cc2c(CBr)cccc2C(=O)O)cc1. The van der Waals surface area contributed by atoms with E-state index in [1.165, 1.54) is 32.4 Å². The molecule has 0 spiro atoms. The monoisotopic (exact) mass is 427 g/mol. The van der Waals surface area contributed by atoms with Crippen molar-refractivity contribution < 1.29 is 23.1 Å². The maximum absolute atomic E-state index is 12.7.